The largest absolute Gasteiger partial charge is 0.494 e. The molecule has 1 atom stereocenters. The summed E-state index contributed by atoms with van der Waals surface area (Å²) >= 11 is 1.23. The summed E-state index contributed by atoms with van der Waals surface area (Å²) in [5, 5.41) is 9.51. The molecule has 1 aromatic carbocycles. The van der Waals surface area contributed by atoms with E-state index in [-0.39, 0.29) is 18.2 Å². The predicted octanol–water partition coefficient (Wildman–Crippen LogP) is 3.65. The molecule has 1 aliphatic carbocycles. The molecule has 0 radical (unpaired) electrons. The third kappa shape index (κ3) is 3.85. The summed E-state index contributed by atoms with van der Waals surface area (Å²) in [4.78, 5) is 31.4. The van der Waals surface area contributed by atoms with Crippen molar-refractivity contribution in [1.29, 1.82) is 5.26 Å². The van der Waals surface area contributed by atoms with Crippen molar-refractivity contribution in [3.8, 4) is 11.8 Å². The van der Waals surface area contributed by atoms with Gasteiger partial charge >= 0.3 is 0 Å². The van der Waals surface area contributed by atoms with Crippen molar-refractivity contribution >= 4 is 29.3 Å². The van der Waals surface area contributed by atoms with Gasteiger partial charge in [-0.1, -0.05) is 11.8 Å². The highest BCUT2D eigenvalue weighted by molar-refractivity contribution is 8.00. The molecule has 1 saturated heterocycles. The second kappa shape index (κ2) is 8.26. The Labute approximate surface area is 173 Å². The zero-order valence-corrected chi connectivity index (χ0v) is 17.0. The topological polar surface area (TPSA) is 83.3 Å². The lowest BCUT2D eigenvalue weighted by Gasteiger charge is -2.18. The molecule has 1 fully saturated rings. The number of carbonyl (C=O) groups is 2. The number of nitrogens with zero attached hydrogens (tertiary/aromatic N) is 3. The molecule has 0 bridgehead atoms. The van der Waals surface area contributed by atoms with Gasteiger partial charge in [-0.25, -0.2) is 9.88 Å². The molecule has 2 aliphatic rings. The SMILES string of the molecule is CCOc1ccc(N2C(=O)CC(Sc3nc4c(cc3C#N)CCCC4)C2=O)cc1. The highest BCUT2D eigenvalue weighted by Crippen LogP contribution is 2.36. The Bertz CT molecular complexity index is 998. The van der Waals surface area contributed by atoms with Crippen LogP contribution in [0, 0.1) is 11.3 Å². The van der Waals surface area contributed by atoms with Gasteiger partial charge in [0.15, 0.2) is 0 Å². The van der Waals surface area contributed by atoms with Crippen molar-refractivity contribution in [2.24, 2.45) is 0 Å². The number of ether oxygens (including phenoxy) is 1. The minimum atomic E-state index is -0.574. The minimum absolute atomic E-state index is 0.0976. The van der Waals surface area contributed by atoms with E-state index in [1.165, 1.54) is 16.7 Å². The van der Waals surface area contributed by atoms with Gasteiger partial charge in [-0.05, 0) is 68.5 Å². The van der Waals surface area contributed by atoms with E-state index < -0.39 is 5.25 Å². The van der Waals surface area contributed by atoms with Crippen LogP contribution in [0.1, 0.15) is 43.0 Å². The molecule has 29 heavy (non-hydrogen) atoms. The Kier molecular flexibility index (Phi) is 5.54. The van der Waals surface area contributed by atoms with Crippen LogP contribution in [-0.2, 0) is 22.4 Å². The predicted molar refractivity (Wildman–Crippen MR) is 110 cm³/mol. The molecule has 2 heterocycles. The zero-order valence-electron chi connectivity index (χ0n) is 16.2. The summed E-state index contributed by atoms with van der Waals surface area (Å²) in [5.41, 5.74) is 3.15. The molecule has 1 unspecified atom stereocenters. The lowest BCUT2D eigenvalue weighted by molar-refractivity contribution is -0.121. The van der Waals surface area contributed by atoms with Crippen molar-refractivity contribution in [2.45, 2.75) is 49.3 Å². The summed E-state index contributed by atoms with van der Waals surface area (Å²) in [6.07, 6.45) is 4.13. The van der Waals surface area contributed by atoms with Gasteiger partial charge in [0.1, 0.15) is 16.8 Å². The van der Waals surface area contributed by atoms with Gasteiger partial charge in [-0.15, -0.1) is 0 Å². The molecule has 6 nitrogen and oxygen atoms in total. The maximum Gasteiger partial charge on any atom is 0.247 e. The molecule has 0 N–H and O–H groups in total. The van der Waals surface area contributed by atoms with Crippen molar-refractivity contribution in [2.75, 3.05) is 11.5 Å². The Morgan fingerprint density at radius 1 is 1.24 bits per heavy atom. The summed E-state index contributed by atoms with van der Waals surface area (Å²) in [5.74, 6) is 0.180. The third-order valence-corrected chi connectivity index (χ3v) is 6.34. The molecular formula is C22H21N3O3S. The number of aromatic nitrogens is 1. The van der Waals surface area contributed by atoms with Crippen LogP contribution >= 0.6 is 11.8 Å². The van der Waals surface area contributed by atoms with Crippen LogP contribution in [0.15, 0.2) is 35.4 Å². The molecule has 1 aromatic heterocycles. The van der Waals surface area contributed by atoms with Crippen molar-refractivity contribution in [1.82, 2.24) is 4.98 Å². The van der Waals surface area contributed by atoms with Crippen LogP contribution in [0.25, 0.3) is 0 Å². The van der Waals surface area contributed by atoms with Gasteiger partial charge in [-0.3, -0.25) is 9.59 Å². The average Bonchev–Trinajstić information content (AvgIpc) is 3.01. The van der Waals surface area contributed by atoms with Gasteiger partial charge < -0.3 is 4.74 Å². The van der Waals surface area contributed by atoms with E-state index in [0.29, 0.717) is 28.6 Å². The molecule has 7 heteroatoms. The Morgan fingerprint density at radius 2 is 2.00 bits per heavy atom. The molecular weight excluding hydrogens is 386 g/mol. The summed E-state index contributed by atoms with van der Waals surface area (Å²) in [6, 6.07) is 11.0. The van der Waals surface area contributed by atoms with Gasteiger partial charge in [0.2, 0.25) is 11.8 Å². The Hall–Kier alpha value is -2.85. The van der Waals surface area contributed by atoms with Crippen LogP contribution in [0.5, 0.6) is 5.75 Å². The van der Waals surface area contributed by atoms with E-state index in [1.54, 1.807) is 24.3 Å². The Balaban J connectivity index is 1.56. The van der Waals surface area contributed by atoms with E-state index in [2.05, 4.69) is 11.1 Å². The first-order valence-electron chi connectivity index (χ1n) is 9.80. The fraction of sp³-hybridized carbons (Fsp3) is 0.364. The van der Waals surface area contributed by atoms with Gasteiger partial charge in [0, 0.05) is 12.1 Å². The van der Waals surface area contributed by atoms with Gasteiger partial charge in [0.05, 0.1) is 23.1 Å². The highest BCUT2D eigenvalue weighted by atomic mass is 32.2. The van der Waals surface area contributed by atoms with E-state index in [0.717, 1.165) is 36.9 Å². The first-order chi connectivity index (χ1) is 14.1. The number of carbonyl (C=O) groups excluding carboxylic acids is 2. The smallest absolute Gasteiger partial charge is 0.247 e. The van der Waals surface area contributed by atoms with Crippen LogP contribution < -0.4 is 9.64 Å². The molecule has 4 rings (SSSR count). The number of rotatable bonds is 5. The lowest BCUT2D eigenvalue weighted by Crippen LogP contribution is -2.31. The second-order valence-electron chi connectivity index (χ2n) is 7.07. The lowest BCUT2D eigenvalue weighted by atomic mass is 9.95. The van der Waals surface area contributed by atoms with Crippen LogP contribution in [0.2, 0.25) is 0 Å². The standard InChI is InChI=1S/C22H21N3O3S/c1-2-28-17-9-7-16(8-10-17)25-20(26)12-19(22(25)27)29-21-15(13-23)11-14-5-3-4-6-18(14)24-21/h7-11,19H,2-6,12H2,1H3. The summed E-state index contributed by atoms with van der Waals surface area (Å²) < 4.78 is 5.42. The van der Waals surface area contributed by atoms with Crippen LogP contribution in [0.3, 0.4) is 0 Å². The number of thioether (sulfide) groups is 1. The number of fused-ring (bicyclic) bond motifs is 1. The summed E-state index contributed by atoms with van der Waals surface area (Å²) in [6.45, 7) is 2.45. The van der Waals surface area contributed by atoms with E-state index in [9.17, 15) is 14.9 Å². The third-order valence-electron chi connectivity index (χ3n) is 5.15. The van der Waals surface area contributed by atoms with E-state index in [4.69, 9.17) is 4.74 Å². The molecule has 0 saturated carbocycles. The van der Waals surface area contributed by atoms with E-state index in [1.807, 2.05) is 13.0 Å². The van der Waals surface area contributed by atoms with Crippen molar-refractivity contribution < 1.29 is 14.3 Å². The normalized spacial score (nSPS) is 18.5. The number of benzene rings is 1. The number of imide groups is 1. The van der Waals surface area contributed by atoms with Crippen molar-refractivity contribution in [3.05, 3.63) is 47.2 Å². The second-order valence-corrected chi connectivity index (χ2v) is 8.26. The number of nitriles is 1. The average molecular weight is 407 g/mol. The monoisotopic (exact) mass is 407 g/mol. The van der Waals surface area contributed by atoms with Crippen LogP contribution in [-0.4, -0.2) is 28.7 Å². The number of amides is 2. The Morgan fingerprint density at radius 3 is 2.72 bits per heavy atom. The number of hydrogen-bond donors (Lipinski definition) is 0. The maximum absolute atomic E-state index is 13.0. The molecule has 148 valence electrons. The molecule has 2 aromatic rings. The zero-order chi connectivity index (χ0) is 20.4. The minimum Gasteiger partial charge on any atom is -0.494 e. The number of aryl methyl sites for hydroxylation is 2. The quantitative estimate of drug-likeness (QED) is 0.704. The first kappa shape index (κ1) is 19.5. The van der Waals surface area contributed by atoms with Gasteiger partial charge in [-0.2, -0.15) is 5.26 Å². The maximum atomic E-state index is 13.0. The molecule has 1 aliphatic heterocycles. The molecule has 2 amide bonds. The van der Waals surface area contributed by atoms with E-state index >= 15 is 0 Å². The number of anilines is 1. The fourth-order valence-corrected chi connectivity index (χ4v) is 4.84. The molecule has 0 spiro atoms. The van der Waals surface area contributed by atoms with Gasteiger partial charge in [0.25, 0.3) is 0 Å². The summed E-state index contributed by atoms with van der Waals surface area (Å²) in [7, 11) is 0. The van der Waals surface area contributed by atoms with Crippen molar-refractivity contribution in [3.63, 3.8) is 0 Å². The highest BCUT2D eigenvalue weighted by Gasteiger charge is 2.40. The first-order valence-corrected chi connectivity index (χ1v) is 10.7. The number of hydrogen-bond acceptors (Lipinski definition) is 6. The number of pyridine rings is 1. The van der Waals surface area contributed by atoms with Crippen LogP contribution in [0.4, 0.5) is 5.69 Å². The fourth-order valence-electron chi connectivity index (χ4n) is 3.74.